The molecule has 1 saturated carbocycles. The Kier molecular flexibility index (Phi) is 4.24. The minimum Gasteiger partial charge on any atom is -0.491 e. The van der Waals surface area contributed by atoms with Gasteiger partial charge in [-0.3, -0.25) is 4.79 Å². The Morgan fingerprint density at radius 2 is 1.92 bits per heavy atom. The van der Waals surface area contributed by atoms with Gasteiger partial charge in [0.25, 0.3) is 0 Å². The number of anilines is 1. The van der Waals surface area contributed by atoms with Crippen LogP contribution >= 0.6 is 0 Å². The normalized spacial score (nSPS) is 20.6. The highest BCUT2D eigenvalue weighted by molar-refractivity contribution is 5.94. The lowest BCUT2D eigenvalue weighted by atomic mass is 9.87. The highest BCUT2D eigenvalue weighted by Crippen LogP contribution is 2.40. The number of carbonyl (C=O) groups excluding carboxylic acids is 1. The van der Waals surface area contributed by atoms with E-state index in [4.69, 9.17) is 4.74 Å². The van der Waals surface area contributed by atoms with E-state index in [1.165, 1.54) is 12.8 Å². The second-order valence-corrected chi connectivity index (χ2v) is 7.37. The van der Waals surface area contributed by atoms with Crippen molar-refractivity contribution in [1.29, 1.82) is 0 Å². The Hall–Kier alpha value is -2.30. The molecule has 0 saturated heterocycles. The van der Waals surface area contributed by atoms with Gasteiger partial charge >= 0.3 is 0 Å². The first-order valence-electron chi connectivity index (χ1n) is 9.25. The molecule has 25 heavy (non-hydrogen) atoms. The summed E-state index contributed by atoms with van der Waals surface area (Å²) in [7, 11) is 0. The van der Waals surface area contributed by atoms with E-state index in [1.807, 2.05) is 36.9 Å². The number of fused-ring (bicyclic) bond motifs is 1. The van der Waals surface area contributed by atoms with Gasteiger partial charge in [-0.25, -0.2) is 4.68 Å². The van der Waals surface area contributed by atoms with Crippen LogP contribution in [-0.4, -0.2) is 21.8 Å². The topological polar surface area (TPSA) is 56.1 Å². The second kappa shape index (κ2) is 6.54. The Morgan fingerprint density at radius 1 is 1.20 bits per heavy atom. The summed E-state index contributed by atoms with van der Waals surface area (Å²) in [5.74, 6) is 1.89. The van der Waals surface area contributed by atoms with Gasteiger partial charge in [0.15, 0.2) is 0 Å². The van der Waals surface area contributed by atoms with E-state index in [1.54, 1.807) is 0 Å². The van der Waals surface area contributed by atoms with Crippen molar-refractivity contribution in [2.75, 3.05) is 5.32 Å². The predicted molar refractivity (Wildman–Crippen MR) is 97.0 cm³/mol. The number of hydrogen-bond donors (Lipinski definition) is 1. The van der Waals surface area contributed by atoms with Crippen LogP contribution in [0.2, 0.25) is 0 Å². The smallest absolute Gasteiger partial charge is 0.226 e. The van der Waals surface area contributed by atoms with Crippen molar-refractivity contribution in [3.8, 4) is 5.75 Å². The summed E-state index contributed by atoms with van der Waals surface area (Å²) in [6, 6.07) is 8.53. The van der Waals surface area contributed by atoms with E-state index in [0.29, 0.717) is 12.5 Å². The summed E-state index contributed by atoms with van der Waals surface area (Å²) < 4.78 is 7.77. The average Bonchev–Trinajstić information content (AvgIpc) is 3.23. The number of amides is 1. The Bertz CT molecular complexity index is 758. The second-order valence-electron chi connectivity index (χ2n) is 7.37. The average molecular weight is 339 g/mol. The molecule has 1 aromatic carbocycles. The van der Waals surface area contributed by atoms with Gasteiger partial charge in [-0.1, -0.05) is 25.0 Å². The van der Waals surface area contributed by atoms with Gasteiger partial charge in [0.05, 0.1) is 18.3 Å². The molecule has 1 N–H and O–H groups in total. The van der Waals surface area contributed by atoms with Gasteiger partial charge in [0.1, 0.15) is 11.6 Å². The van der Waals surface area contributed by atoms with Crippen molar-refractivity contribution in [1.82, 2.24) is 9.78 Å². The fraction of sp³-hybridized carbons (Fsp3) is 0.500. The summed E-state index contributed by atoms with van der Waals surface area (Å²) in [5, 5.41) is 7.68. The van der Waals surface area contributed by atoms with E-state index < -0.39 is 0 Å². The van der Waals surface area contributed by atoms with Crippen molar-refractivity contribution in [2.45, 2.75) is 64.0 Å². The van der Waals surface area contributed by atoms with Gasteiger partial charge in [-0.15, -0.1) is 0 Å². The molecule has 4 rings (SSSR count). The van der Waals surface area contributed by atoms with Gasteiger partial charge in [-0.05, 0) is 44.4 Å². The zero-order chi connectivity index (χ0) is 17.4. The van der Waals surface area contributed by atoms with Crippen LogP contribution in [0.1, 0.15) is 69.0 Å². The molecule has 0 unspecified atom stereocenters. The Balaban J connectivity index is 1.64. The lowest BCUT2D eigenvalue weighted by Gasteiger charge is -2.25. The first-order valence-corrected chi connectivity index (χ1v) is 9.25. The van der Waals surface area contributed by atoms with Crippen LogP contribution in [0.3, 0.4) is 0 Å². The van der Waals surface area contributed by atoms with Crippen LogP contribution in [0.4, 0.5) is 5.82 Å². The maximum absolute atomic E-state index is 12.3. The van der Waals surface area contributed by atoms with Crippen LogP contribution in [0.5, 0.6) is 5.75 Å². The summed E-state index contributed by atoms with van der Waals surface area (Å²) in [4.78, 5) is 12.3. The molecule has 5 nitrogen and oxygen atoms in total. The lowest BCUT2D eigenvalue weighted by molar-refractivity contribution is -0.116. The third-order valence-corrected chi connectivity index (χ3v) is 5.17. The molecule has 1 atom stereocenters. The fourth-order valence-electron chi connectivity index (χ4n) is 4.01. The standard InChI is InChI=1S/C20H25N3O2/c1-13(2)25-16-9-7-14(8-10-16)17-11-19(24)22-20-18(17)12-21-23(20)15-5-3-4-6-15/h7-10,12-13,15,17H,3-6,11H2,1-2H3,(H,22,24)/t17-/m1/s1. The highest BCUT2D eigenvalue weighted by Gasteiger charge is 2.32. The number of nitrogens with zero attached hydrogens (tertiary/aromatic N) is 2. The third-order valence-electron chi connectivity index (χ3n) is 5.17. The molecule has 0 spiro atoms. The first kappa shape index (κ1) is 16.2. The zero-order valence-corrected chi connectivity index (χ0v) is 14.9. The Labute approximate surface area is 148 Å². The van der Waals surface area contributed by atoms with Crippen molar-refractivity contribution < 1.29 is 9.53 Å². The van der Waals surface area contributed by atoms with E-state index >= 15 is 0 Å². The van der Waals surface area contributed by atoms with E-state index in [-0.39, 0.29) is 17.9 Å². The lowest BCUT2D eigenvalue weighted by Crippen LogP contribution is -2.25. The molecule has 1 amide bonds. The minimum atomic E-state index is 0.0620. The molecule has 1 aromatic heterocycles. The van der Waals surface area contributed by atoms with Crippen LogP contribution in [-0.2, 0) is 4.79 Å². The summed E-state index contributed by atoms with van der Waals surface area (Å²) in [5.41, 5.74) is 2.27. The first-order chi connectivity index (χ1) is 12.1. The van der Waals surface area contributed by atoms with Crippen molar-refractivity contribution in [2.24, 2.45) is 0 Å². The Morgan fingerprint density at radius 3 is 2.60 bits per heavy atom. The molecule has 2 heterocycles. The third kappa shape index (κ3) is 3.15. The zero-order valence-electron chi connectivity index (χ0n) is 14.9. The number of benzene rings is 1. The van der Waals surface area contributed by atoms with E-state index in [9.17, 15) is 4.79 Å². The molecule has 0 bridgehead atoms. The summed E-state index contributed by atoms with van der Waals surface area (Å²) in [6.07, 6.45) is 7.35. The molecule has 5 heteroatoms. The molecular weight excluding hydrogens is 314 g/mol. The molecule has 132 valence electrons. The number of nitrogens with one attached hydrogen (secondary N) is 1. The predicted octanol–water partition coefficient (Wildman–Crippen LogP) is 4.26. The van der Waals surface area contributed by atoms with Crippen molar-refractivity contribution >= 4 is 11.7 Å². The maximum Gasteiger partial charge on any atom is 0.226 e. The van der Waals surface area contributed by atoms with Gasteiger partial charge in [-0.2, -0.15) is 5.10 Å². The SMILES string of the molecule is CC(C)Oc1ccc([C@H]2CC(=O)Nc3c2cnn3C2CCCC2)cc1. The summed E-state index contributed by atoms with van der Waals surface area (Å²) in [6.45, 7) is 4.03. The fourth-order valence-corrected chi connectivity index (χ4v) is 4.01. The minimum absolute atomic E-state index is 0.0620. The largest absolute Gasteiger partial charge is 0.491 e. The van der Waals surface area contributed by atoms with Crippen molar-refractivity contribution in [3.05, 3.63) is 41.6 Å². The number of rotatable bonds is 4. The molecule has 1 fully saturated rings. The van der Waals surface area contributed by atoms with Gasteiger partial charge in [0, 0.05) is 17.9 Å². The van der Waals surface area contributed by atoms with Crippen molar-refractivity contribution in [3.63, 3.8) is 0 Å². The molecule has 1 aliphatic heterocycles. The maximum atomic E-state index is 12.3. The number of hydrogen-bond acceptors (Lipinski definition) is 3. The quantitative estimate of drug-likeness (QED) is 0.905. The molecular formula is C20H25N3O2. The van der Waals surface area contributed by atoms with E-state index in [0.717, 1.165) is 35.5 Å². The number of ether oxygens (including phenoxy) is 1. The van der Waals surface area contributed by atoms with Crippen LogP contribution < -0.4 is 10.1 Å². The van der Waals surface area contributed by atoms with Crippen LogP contribution in [0.25, 0.3) is 0 Å². The molecule has 0 radical (unpaired) electrons. The number of aromatic nitrogens is 2. The van der Waals surface area contributed by atoms with E-state index in [2.05, 4.69) is 22.5 Å². The van der Waals surface area contributed by atoms with Gasteiger partial charge in [0.2, 0.25) is 5.91 Å². The van der Waals surface area contributed by atoms with Gasteiger partial charge < -0.3 is 10.1 Å². The highest BCUT2D eigenvalue weighted by atomic mass is 16.5. The number of carbonyl (C=O) groups is 1. The van der Waals surface area contributed by atoms with Crippen LogP contribution in [0.15, 0.2) is 30.5 Å². The van der Waals surface area contributed by atoms with Crippen LogP contribution in [0, 0.1) is 0 Å². The monoisotopic (exact) mass is 339 g/mol. The molecule has 1 aliphatic carbocycles. The molecule has 2 aromatic rings. The summed E-state index contributed by atoms with van der Waals surface area (Å²) >= 11 is 0. The molecule has 2 aliphatic rings.